The average Bonchev–Trinajstić information content (AvgIpc) is 2.80. The highest BCUT2D eigenvalue weighted by atomic mass is 16.5. The van der Waals surface area contributed by atoms with E-state index in [1.807, 2.05) is 36.4 Å². The summed E-state index contributed by atoms with van der Waals surface area (Å²) in [5.41, 5.74) is 1.41. The molecular formula is C23H24N4O4. The average molecular weight is 420 g/mol. The molecule has 8 heteroatoms. The number of carbonyl (C=O) groups is 3. The van der Waals surface area contributed by atoms with Crippen molar-refractivity contribution >= 4 is 29.3 Å². The number of ether oxygens (including phenoxy) is 1. The molecule has 2 aromatic rings. The Bertz CT molecular complexity index is 979. The van der Waals surface area contributed by atoms with Gasteiger partial charge < -0.3 is 20.3 Å². The van der Waals surface area contributed by atoms with Crippen molar-refractivity contribution in [3.05, 3.63) is 60.2 Å². The van der Waals surface area contributed by atoms with Crippen LogP contribution in [0.1, 0.15) is 25.3 Å². The van der Waals surface area contributed by atoms with Crippen molar-refractivity contribution in [1.29, 1.82) is 5.26 Å². The SMILES string of the molecule is C[C@@H](OC(=O)C1CCN(C(=O)Nc2ccccc2)CC1)C(=O)Nc1ccccc1C#N. The maximum Gasteiger partial charge on any atom is 0.321 e. The topological polar surface area (TPSA) is 112 Å². The molecule has 2 N–H and O–H groups in total. The zero-order valence-electron chi connectivity index (χ0n) is 17.2. The van der Waals surface area contributed by atoms with Crippen LogP contribution >= 0.6 is 0 Å². The number of carbonyl (C=O) groups excluding carboxylic acids is 3. The Labute approximate surface area is 180 Å². The van der Waals surface area contributed by atoms with Crippen molar-refractivity contribution < 1.29 is 19.1 Å². The van der Waals surface area contributed by atoms with Crippen LogP contribution in [0.2, 0.25) is 0 Å². The van der Waals surface area contributed by atoms with Crippen LogP contribution in [0.15, 0.2) is 54.6 Å². The maximum atomic E-state index is 12.5. The number of urea groups is 1. The van der Waals surface area contributed by atoms with Gasteiger partial charge in [-0.1, -0.05) is 30.3 Å². The quantitative estimate of drug-likeness (QED) is 0.721. The highest BCUT2D eigenvalue weighted by molar-refractivity contribution is 5.96. The fourth-order valence-electron chi connectivity index (χ4n) is 3.29. The summed E-state index contributed by atoms with van der Waals surface area (Å²) in [6.45, 7) is 2.34. The number of nitrogens with zero attached hydrogens (tertiary/aromatic N) is 2. The van der Waals surface area contributed by atoms with E-state index in [4.69, 9.17) is 10.00 Å². The number of rotatable bonds is 5. The van der Waals surface area contributed by atoms with E-state index in [9.17, 15) is 14.4 Å². The Balaban J connectivity index is 1.46. The van der Waals surface area contributed by atoms with Gasteiger partial charge in [0, 0.05) is 18.8 Å². The molecule has 1 aliphatic heterocycles. The Morgan fingerprint density at radius 2 is 1.68 bits per heavy atom. The molecule has 0 aliphatic carbocycles. The summed E-state index contributed by atoms with van der Waals surface area (Å²) in [4.78, 5) is 38.9. The summed E-state index contributed by atoms with van der Waals surface area (Å²) < 4.78 is 5.34. The van der Waals surface area contributed by atoms with Crippen LogP contribution in [-0.2, 0) is 14.3 Å². The third-order valence-electron chi connectivity index (χ3n) is 5.11. The Morgan fingerprint density at radius 3 is 2.35 bits per heavy atom. The van der Waals surface area contributed by atoms with Crippen LogP contribution < -0.4 is 10.6 Å². The normalized spacial score (nSPS) is 14.8. The lowest BCUT2D eigenvalue weighted by molar-refractivity contribution is -0.158. The van der Waals surface area contributed by atoms with Gasteiger partial charge in [0.15, 0.2) is 6.10 Å². The highest BCUT2D eigenvalue weighted by Gasteiger charge is 2.30. The molecule has 160 valence electrons. The standard InChI is InChI=1S/C23H24N4O4/c1-16(21(28)26-20-10-6-5-7-18(20)15-24)31-22(29)17-11-13-27(14-12-17)23(30)25-19-8-3-2-4-9-19/h2-10,16-17H,11-14H2,1H3,(H,25,30)(H,26,28)/t16-/m1/s1. The molecule has 1 fully saturated rings. The van der Waals surface area contributed by atoms with E-state index >= 15 is 0 Å². The fraction of sp³-hybridized carbons (Fsp3) is 0.304. The van der Waals surface area contributed by atoms with Gasteiger partial charge >= 0.3 is 12.0 Å². The second-order valence-electron chi connectivity index (χ2n) is 7.28. The van der Waals surface area contributed by atoms with Crippen molar-refractivity contribution in [2.75, 3.05) is 23.7 Å². The van der Waals surface area contributed by atoms with Crippen molar-refractivity contribution in [1.82, 2.24) is 4.90 Å². The van der Waals surface area contributed by atoms with Crippen LogP contribution in [0.5, 0.6) is 0 Å². The van der Waals surface area contributed by atoms with E-state index in [1.54, 1.807) is 29.2 Å². The largest absolute Gasteiger partial charge is 0.452 e. The van der Waals surface area contributed by atoms with Crippen LogP contribution in [0.3, 0.4) is 0 Å². The number of nitrogens with one attached hydrogen (secondary N) is 2. The van der Waals surface area contributed by atoms with Gasteiger partial charge in [0.1, 0.15) is 6.07 Å². The van der Waals surface area contributed by atoms with E-state index in [0.29, 0.717) is 42.9 Å². The second kappa shape index (κ2) is 10.3. The molecular weight excluding hydrogens is 396 g/mol. The smallest absolute Gasteiger partial charge is 0.321 e. The van der Waals surface area contributed by atoms with Crippen molar-refractivity contribution in [3.8, 4) is 6.07 Å². The molecule has 0 aromatic heterocycles. The van der Waals surface area contributed by atoms with Crippen LogP contribution in [0, 0.1) is 17.2 Å². The molecule has 0 spiro atoms. The number of benzene rings is 2. The van der Waals surface area contributed by atoms with Gasteiger partial charge in [-0.05, 0) is 44.0 Å². The van der Waals surface area contributed by atoms with E-state index in [2.05, 4.69) is 10.6 Å². The van der Waals surface area contributed by atoms with Crippen LogP contribution in [-0.4, -0.2) is 42.0 Å². The molecule has 3 amide bonds. The van der Waals surface area contributed by atoms with E-state index in [1.165, 1.54) is 6.92 Å². The maximum absolute atomic E-state index is 12.5. The third-order valence-corrected chi connectivity index (χ3v) is 5.11. The van der Waals surface area contributed by atoms with Crippen molar-refractivity contribution in [2.45, 2.75) is 25.9 Å². The molecule has 8 nitrogen and oxygen atoms in total. The zero-order valence-corrected chi connectivity index (χ0v) is 17.2. The lowest BCUT2D eigenvalue weighted by atomic mass is 9.97. The lowest BCUT2D eigenvalue weighted by Crippen LogP contribution is -2.43. The lowest BCUT2D eigenvalue weighted by Gasteiger charge is -2.31. The van der Waals surface area contributed by atoms with Gasteiger partial charge in [-0.3, -0.25) is 9.59 Å². The van der Waals surface area contributed by atoms with Gasteiger partial charge in [-0.25, -0.2) is 4.79 Å². The minimum absolute atomic E-state index is 0.207. The van der Waals surface area contributed by atoms with Gasteiger partial charge in [0.2, 0.25) is 0 Å². The number of nitriles is 1. The summed E-state index contributed by atoms with van der Waals surface area (Å²) in [5, 5.41) is 14.6. The summed E-state index contributed by atoms with van der Waals surface area (Å²) in [7, 11) is 0. The first-order valence-electron chi connectivity index (χ1n) is 10.1. The predicted molar refractivity (Wildman–Crippen MR) is 115 cm³/mol. The summed E-state index contributed by atoms with van der Waals surface area (Å²) in [5.74, 6) is -1.34. The van der Waals surface area contributed by atoms with E-state index in [0.717, 1.165) is 0 Å². The molecule has 3 rings (SSSR count). The van der Waals surface area contributed by atoms with E-state index in [-0.39, 0.29) is 11.9 Å². The first-order chi connectivity index (χ1) is 15.0. The Kier molecular flexibility index (Phi) is 7.22. The molecule has 1 aliphatic rings. The summed E-state index contributed by atoms with van der Waals surface area (Å²) >= 11 is 0. The highest BCUT2D eigenvalue weighted by Crippen LogP contribution is 2.21. The van der Waals surface area contributed by atoms with Gasteiger partial charge in [0.25, 0.3) is 5.91 Å². The van der Waals surface area contributed by atoms with Gasteiger partial charge in [0.05, 0.1) is 17.2 Å². The zero-order chi connectivity index (χ0) is 22.2. The monoisotopic (exact) mass is 420 g/mol. The van der Waals surface area contributed by atoms with Crippen molar-refractivity contribution in [2.24, 2.45) is 5.92 Å². The second-order valence-corrected chi connectivity index (χ2v) is 7.28. The Hall–Kier alpha value is -3.86. The minimum Gasteiger partial charge on any atom is -0.452 e. The molecule has 1 atom stereocenters. The summed E-state index contributed by atoms with van der Waals surface area (Å²) in [6, 6.07) is 17.6. The molecule has 0 radical (unpaired) electrons. The van der Waals surface area contributed by atoms with Crippen LogP contribution in [0.4, 0.5) is 16.2 Å². The van der Waals surface area contributed by atoms with Crippen molar-refractivity contribution in [3.63, 3.8) is 0 Å². The molecule has 0 bridgehead atoms. The number of amides is 3. The molecule has 2 aromatic carbocycles. The Morgan fingerprint density at radius 1 is 1.03 bits per heavy atom. The number of anilines is 2. The first kappa shape index (κ1) is 21.8. The molecule has 0 unspecified atom stereocenters. The minimum atomic E-state index is -1.00. The number of piperidine rings is 1. The van der Waals surface area contributed by atoms with Crippen LogP contribution in [0.25, 0.3) is 0 Å². The number of hydrogen-bond acceptors (Lipinski definition) is 5. The predicted octanol–water partition coefficient (Wildman–Crippen LogP) is 3.37. The number of hydrogen-bond donors (Lipinski definition) is 2. The first-order valence-corrected chi connectivity index (χ1v) is 10.1. The van der Waals surface area contributed by atoms with Gasteiger partial charge in [-0.15, -0.1) is 0 Å². The molecule has 0 saturated carbocycles. The van der Waals surface area contributed by atoms with E-state index < -0.39 is 18.0 Å². The number of esters is 1. The molecule has 31 heavy (non-hydrogen) atoms. The third kappa shape index (κ3) is 5.82. The summed E-state index contributed by atoms with van der Waals surface area (Å²) in [6.07, 6.45) is -0.0714. The fourth-order valence-corrected chi connectivity index (χ4v) is 3.29. The molecule has 1 saturated heterocycles. The number of likely N-dealkylation sites (tertiary alicyclic amines) is 1. The molecule has 1 heterocycles. The van der Waals surface area contributed by atoms with Gasteiger partial charge in [-0.2, -0.15) is 5.26 Å². The number of para-hydroxylation sites is 2.